The summed E-state index contributed by atoms with van der Waals surface area (Å²) in [4.78, 5) is 25.5. The molecule has 1 amide bonds. The van der Waals surface area contributed by atoms with E-state index >= 15 is 0 Å². The van der Waals surface area contributed by atoms with Crippen LogP contribution in [0.2, 0.25) is 0 Å². The van der Waals surface area contributed by atoms with Crippen LogP contribution in [-0.2, 0) is 27.3 Å². The monoisotopic (exact) mass is 405 g/mol. The van der Waals surface area contributed by atoms with Crippen molar-refractivity contribution in [2.45, 2.75) is 13.0 Å². The third-order valence-electron chi connectivity index (χ3n) is 3.64. The lowest BCUT2D eigenvalue weighted by atomic mass is 10.2. The molecule has 0 saturated heterocycles. The molecular formula is C19H20BrNO4. The number of amides is 1. The Hall–Kier alpha value is -2.34. The van der Waals surface area contributed by atoms with Gasteiger partial charge in [-0.3, -0.25) is 9.59 Å². The van der Waals surface area contributed by atoms with Crippen LogP contribution in [0, 0.1) is 0 Å². The van der Waals surface area contributed by atoms with Crippen LogP contribution >= 0.6 is 15.9 Å². The van der Waals surface area contributed by atoms with E-state index in [0.29, 0.717) is 6.54 Å². The van der Waals surface area contributed by atoms with Gasteiger partial charge >= 0.3 is 5.97 Å². The molecule has 0 spiro atoms. The minimum absolute atomic E-state index is 0.136. The minimum Gasteiger partial charge on any atom is -0.496 e. The van der Waals surface area contributed by atoms with Gasteiger partial charge < -0.3 is 14.4 Å². The standard InChI is InChI=1S/C19H20BrNO4/c1-21(12-15-5-3-4-6-17(15)24-2)18(22)13-25-19(23)11-14-7-9-16(20)10-8-14/h3-10H,11-13H2,1-2H3. The molecule has 0 heterocycles. The number of para-hydroxylation sites is 1. The van der Waals surface area contributed by atoms with Gasteiger partial charge in [0.2, 0.25) is 0 Å². The Morgan fingerprint density at radius 1 is 1.08 bits per heavy atom. The molecular weight excluding hydrogens is 386 g/mol. The summed E-state index contributed by atoms with van der Waals surface area (Å²) in [5.41, 5.74) is 1.73. The molecule has 0 bridgehead atoms. The first-order valence-corrected chi connectivity index (χ1v) is 8.55. The smallest absolute Gasteiger partial charge is 0.310 e. The summed E-state index contributed by atoms with van der Waals surface area (Å²) < 4.78 is 11.3. The fraction of sp³-hybridized carbons (Fsp3) is 0.263. The molecule has 0 aromatic heterocycles. The quantitative estimate of drug-likeness (QED) is 0.663. The van der Waals surface area contributed by atoms with E-state index in [-0.39, 0.29) is 18.9 Å². The van der Waals surface area contributed by atoms with Crippen LogP contribution < -0.4 is 4.74 Å². The van der Waals surface area contributed by atoms with E-state index in [2.05, 4.69) is 15.9 Å². The van der Waals surface area contributed by atoms with Gasteiger partial charge in [0, 0.05) is 23.6 Å². The maximum absolute atomic E-state index is 12.2. The number of halogens is 1. The number of carbonyl (C=O) groups is 2. The van der Waals surface area contributed by atoms with Crippen molar-refractivity contribution in [1.82, 2.24) is 4.90 Å². The van der Waals surface area contributed by atoms with Crippen molar-refractivity contribution in [2.75, 3.05) is 20.8 Å². The second-order valence-electron chi connectivity index (χ2n) is 5.53. The molecule has 0 saturated carbocycles. The Bertz CT molecular complexity index is 730. The molecule has 132 valence electrons. The number of hydrogen-bond donors (Lipinski definition) is 0. The molecule has 0 aliphatic heterocycles. The SMILES string of the molecule is COc1ccccc1CN(C)C(=O)COC(=O)Cc1ccc(Br)cc1. The summed E-state index contributed by atoms with van der Waals surface area (Å²) in [6.07, 6.45) is 0.136. The van der Waals surface area contributed by atoms with Crippen molar-refractivity contribution in [3.8, 4) is 5.75 Å². The van der Waals surface area contributed by atoms with E-state index in [9.17, 15) is 9.59 Å². The van der Waals surface area contributed by atoms with Crippen molar-refractivity contribution >= 4 is 27.8 Å². The molecule has 2 aromatic carbocycles. The van der Waals surface area contributed by atoms with Crippen molar-refractivity contribution in [2.24, 2.45) is 0 Å². The number of methoxy groups -OCH3 is 1. The van der Waals surface area contributed by atoms with Crippen LogP contribution in [0.3, 0.4) is 0 Å². The number of esters is 1. The second-order valence-corrected chi connectivity index (χ2v) is 6.44. The summed E-state index contributed by atoms with van der Waals surface area (Å²) in [6, 6.07) is 14.9. The maximum atomic E-state index is 12.2. The Balaban J connectivity index is 1.82. The van der Waals surface area contributed by atoms with Gasteiger partial charge in [-0.2, -0.15) is 0 Å². The Morgan fingerprint density at radius 3 is 2.44 bits per heavy atom. The Kier molecular flexibility index (Phi) is 7.01. The topological polar surface area (TPSA) is 55.8 Å². The van der Waals surface area contributed by atoms with E-state index in [1.54, 1.807) is 14.2 Å². The second kappa shape index (κ2) is 9.22. The summed E-state index contributed by atoms with van der Waals surface area (Å²) >= 11 is 3.34. The lowest BCUT2D eigenvalue weighted by molar-refractivity contribution is -0.151. The fourth-order valence-corrected chi connectivity index (χ4v) is 2.51. The molecule has 0 aliphatic carbocycles. The molecule has 5 nitrogen and oxygen atoms in total. The van der Waals surface area contributed by atoms with Gasteiger partial charge in [-0.15, -0.1) is 0 Å². The zero-order chi connectivity index (χ0) is 18.2. The third kappa shape index (κ3) is 5.90. The minimum atomic E-state index is -0.429. The van der Waals surface area contributed by atoms with Gasteiger partial charge in [0.1, 0.15) is 5.75 Å². The van der Waals surface area contributed by atoms with Crippen LogP contribution in [0.4, 0.5) is 0 Å². The molecule has 0 fully saturated rings. The molecule has 2 aromatic rings. The average molecular weight is 406 g/mol. The first-order valence-electron chi connectivity index (χ1n) is 7.75. The number of carbonyl (C=O) groups excluding carboxylic acids is 2. The van der Waals surface area contributed by atoms with Crippen molar-refractivity contribution < 1.29 is 19.1 Å². The number of benzene rings is 2. The van der Waals surface area contributed by atoms with Gasteiger partial charge in [-0.25, -0.2) is 0 Å². The highest BCUT2D eigenvalue weighted by molar-refractivity contribution is 9.10. The van der Waals surface area contributed by atoms with Crippen LogP contribution in [-0.4, -0.2) is 37.5 Å². The van der Waals surface area contributed by atoms with Gasteiger partial charge in [0.15, 0.2) is 6.61 Å². The van der Waals surface area contributed by atoms with Crippen LogP contribution in [0.1, 0.15) is 11.1 Å². The van der Waals surface area contributed by atoms with Crippen LogP contribution in [0.25, 0.3) is 0 Å². The summed E-state index contributed by atoms with van der Waals surface area (Å²) in [5.74, 6) is 0.0193. The predicted octanol–water partition coefficient (Wildman–Crippen LogP) is 3.20. The molecule has 0 aliphatic rings. The molecule has 0 radical (unpaired) electrons. The fourth-order valence-electron chi connectivity index (χ4n) is 2.25. The maximum Gasteiger partial charge on any atom is 0.310 e. The average Bonchev–Trinajstić information content (AvgIpc) is 2.62. The summed E-state index contributed by atoms with van der Waals surface area (Å²) in [6.45, 7) is 0.105. The van der Waals surface area contributed by atoms with Gasteiger partial charge in [0.25, 0.3) is 5.91 Å². The van der Waals surface area contributed by atoms with E-state index in [0.717, 1.165) is 21.3 Å². The van der Waals surface area contributed by atoms with Gasteiger partial charge in [0.05, 0.1) is 13.5 Å². The van der Waals surface area contributed by atoms with E-state index in [1.807, 2.05) is 48.5 Å². The molecule has 0 atom stereocenters. The van der Waals surface area contributed by atoms with Crippen molar-refractivity contribution in [3.63, 3.8) is 0 Å². The molecule has 0 N–H and O–H groups in total. The van der Waals surface area contributed by atoms with Crippen LogP contribution in [0.15, 0.2) is 53.0 Å². The zero-order valence-electron chi connectivity index (χ0n) is 14.2. The summed E-state index contributed by atoms with van der Waals surface area (Å²) in [7, 11) is 3.25. The van der Waals surface area contributed by atoms with Crippen LogP contribution in [0.5, 0.6) is 5.75 Å². The summed E-state index contributed by atoms with van der Waals surface area (Å²) in [5, 5.41) is 0. The van der Waals surface area contributed by atoms with E-state index in [1.165, 1.54) is 4.90 Å². The number of likely N-dealkylation sites (N-methyl/N-ethyl adjacent to an activating group) is 1. The Morgan fingerprint density at radius 2 is 1.76 bits per heavy atom. The highest BCUT2D eigenvalue weighted by atomic mass is 79.9. The normalized spacial score (nSPS) is 10.2. The van der Waals surface area contributed by atoms with Gasteiger partial charge in [-0.1, -0.05) is 46.3 Å². The molecule has 6 heteroatoms. The highest BCUT2D eigenvalue weighted by Crippen LogP contribution is 2.18. The van der Waals surface area contributed by atoms with Crippen molar-refractivity contribution in [1.29, 1.82) is 0 Å². The third-order valence-corrected chi connectivity index (χ3v) is 4.17. The number of nitrogens with zero attached hydrogens (tertiary/aromatic N) is 1. The van der Waals surface area contributed by atoms with Gasteiger partial charge in [-0.05, 0) is 23.8 Å². The number of hydrogen-bond acceptors (Lipinski definition) is 4. The largest absolute Gasteiger partial charge is 0.496 e. The lowest BCUT2D eigenvalue weighted by Gasteiger charge is -2.18. The first-order chi connectivity index (χ1) is 12.0. The first kappa shape index (κ1) is 19.0. The Labute approximate surface area is 155 Å². The zero-order valence-corrected chi connectivity index (χ0v) is 15.8. The molecule has 2 rings (SSSR count). The lowest BCUT2D eigenvalue weighted by Crippen LogP contribution is -2.31. The molecule has 25 heavy (non-hydrogen) atoms. The highest BCUT2D eigenvalue weighted by Gasteiger charge is 2.14. The predicted molar refractivity (Wildman–Crippen MR) is 98.3 cm³/mol. The van der Waals surface area contributed by atoms with Crippen molar-refractivity contribution in [3.05, 3.63) is 64.1 Å². The molecule has 0 unspecified atom stereocenters. The number of rotatable bonds is 7. The van der Waals surface area contributed by atoms with E-state index in [4.69, 9.17) is 9.47 Å². The van der Waals surface area contributed by atoms with E-state index < -0.39 is 5.97 Å². The number of ether oxygens (including phenoxy) is 2.